The Hall–Kier alpha value is -2.58. The molecule has 8 heteroatoms. The minimum atomic E-state index is -0.205. The normalized spacial score (nSPS) is 21.9. The van der Waals surface area contributed by atoms with Crippen LogP contribution in [0.15, 0.2) is 35.7 Å². The zero-order valence-electron chi connectivity index (χ0n) is 21.0. The topological polar surface area (TPSA) is 68.3 Å². The van der Waals surface area contributed by atoms with Crippen molar-refractivity contribution in [1.29, 1.82) is 0 Å². The lowest BCUT2D eigenvalue weighted by Crippen LogP contribution is -2.50. The molecule has 0 bridgehead atoms. The molecule has 194 valence electrons. The summed E-state index contributed by atoms with van der Waals surface area (Å²) in [6.45, 7) is 2.29. The Morgan fingerprint density at radius 2 is 1.92 bits per heavy atom. The number of rotatable bonds is 9. The van der Waals surface area contributed by atoms with Gasteiger partial charge in [-0.2, -0.15) is 0 Å². The number of fused-ring (bicyclic) bond motifs is 1. The molecule has 2 unspecified atom stereocenters. The fourth-order valence-corrected chi connectivity index (χ4v) is 6.66. The lowest BCUT2D eigenvalue weighted by atomic mass is 10.00. The Morgan fingerprint density at radius 3 is 2.67 bits per heavy atom. The zero-order valence-corrected chi connectivity index (χ0v) is 21.8. The van der Waals surface area contributed by atoms with Crippen LogP contribution in [0.3, 0.4) is 0 Å². The van der Waals surface area contributed by atoms with Gasteiger partial charge in [0.05, 0.1) is 25.8 Å². The van der Waals surface area contributed by atoms with E-state index in [9.17, 15) is 9.59 Å². The molecule has 1 aliphatic carbocycles. The van der Waals surface area contributed by atoms with Gasteiger partial charge in [-0.05, 0) is 61.2 Å². The third-order valence-electron chi connectivity index (χ3n) is 7.67. The van der Waals surface area contributed by atoms with Gasteiger partial charge in [0.15, 0.2) is 11.5 Å². The molecule has 2 aromatic rings. The Balaban J connectivity index is 1.33. The van der Waals surface area contributed by atoms with Gasteiger partial charge < -0.3 is 24.0 Å². The smallest absolute Gasteiger partial charge is 0.242 e. The molecule has 1 saturated carbocycles. The van der Waals surface area contributed by atoms with Crippen molar-refractivity contribution in [3.8, 4) is 11.5 Å². The Bertz CT molecular complexity index is 1040. The number of carbonyl (C=O) groups excluding carboxylic acids is 2. The summed E-state index contributed by atoms with van der Waals surface area (Å²) in [5.74, 6) is 1.46. The van der Waals surface area contributed by atoms with Crippen LogP contribution >= 0.6 is 11.3 Å². The van der Waals surface area contributed by atoms with E-state index < -0.39 is 0 Å². The highest BCUT2D eigenvalue weighted by atomic mass is 32.1. The van der Waals surface area contributed by atoms with Crippen molar-refractivity contribution in [1.82, 2.24) is 9.80 Å². The molecule has 2 aliphatic heterocycles. The summed E-state index contributed by atoms with van der Waals surface area (Å²) in [7, 11) is 1.62. The molecule has 7 nitrogen and oxygen atoms in total. The molecule has 1 saturated heterocycles. The largest absolute Gasteiger partial charge is 0.493 e. The highest BCUT2D eigenvalue weighted by molar-refractivity contribution is 7.10. The van der Waals surface area contributed by atoms with E-state index in [1.807, 2.05) is 29.2 Å². The van der Waals surface area contributed by atoms with Crippen LogP contribution < -0.4 is 9.47 Å². The van der Waals surface area contributed by atoms with Gasteiger partial charge in [-0.15, -0.1) is 11.3 Å². The second-order valence-corrected chi connectivity index (χ2v) is 10.9. The maximum absolute atomic E-state index is 13.8. The van der Waals surface area contributed by atoms with Crippen LogP contribution in [-0.2, 0) is 20.7 Å². The summed E-state index contributed by atoms with van der Waals surface area (Å²) in [6.07, 6.45) is 6.84. The van der Waals surface area contributed by atoms with Gasteiger partial charge in [-0.3, -0.25) is 9.59 Å². The van der Waals surface area contributed by atoms with Gasteiger partial charge in [0, 0.05) is 30.5 Å². The van der Waals surface area contributed by atoms with Gasteiger partial charge in [-0.1, -0.05) is 25.0 Å². The average Bonchev–Trinajstić information content (AvgIpc) is 3.69. The van der Waals surface area contributed by atoms with Crippen LogP contribution in [0.5, 0.6) is 11.5 Å². The molecule has 2 fully saturated rings. The fourth-order valence-electron chi connectivity index (χ4n) is 5.73. The molecule has 0 N–H and O–H groups in total. The minimum Gasteiger partial charge on any atom is -0.493 e. The summed E-state index contributed by atoms with van der Waals surface area (Å²) in [5.41, 5.74) is 1.14. The van der Waals surface area contributed by atoms with Crippen LogP contribution in [-0.4, -0.2) is 67.7 Å². The lowest BCUT2D eigenvalue weighted by molar-refractivity contribution is -0.146. The number of thiophene rings is 1. The average molecular weight is 513 g/mol. The minimum absolute atomic E-state index is 0.0233. The van der Waals surface area contributed by atoms with Crippen LogP contribution in [0.2, 0.25) is 0 Å². The van der Waals surface area contributed by atoms with Gasteiger partial charge in [0.1, 0.15) is 6.61 Å². The number of nitrogens with zero attached hydrogens (tertiary/aromatic N) is 2. The van der Waals surface area contributed by atoms with Crippen LogP contribution in [0.1, 0.15) is 55.0 Å². The number of benzene rings is 1. The van der Waals surface area contributed by atoms with Crippen LogP contribution in [0, 0.1) is 5.92 Å². The van der Waals surface area contributed by atoms with Crippen molar-refractivity contribution in [2.75, 3.05) is 40.0 Å². The van der Waals surface area contributed by atoms with Crippen molar-refractivity contribution in [2.45, 2.75) is 57.1 Å². The highest BCUT2D eigenvalue weighted by Gasteiger charge is 2.36. The molecular weight excluding hydrogens is 476 g/mol. The number of carbonyl (C=O) groups is 2. The monoisotopic (exact) mass is 512 g/mol. The lowest BCUT2D eigenvalue weighted by Gasteiger charge is -2.37. The molecule has 3 heterocycles. The first kappa shape index (κ1) is 25.1. The molecule has 36 heavy (non-hydrogen) atoms. The third kappa shape index (κ3) is 5.54. The Labute approximate surface area is 217 Å². The first-order chi connectivity index (χ1) is 17.6. The number of para-hydroxylation sites is 2. The summed E-state index contributed by atoms with van der Waals surface area (Å²) in [6, 6.07) is 9.46. The van der Waals surface area contributed by atoms with Gasteiger partial charge in [-0.25, -0.2) is 0 Å². The summed E-state index contributed by atoms with van der Waals surface area (Å²) >= 11 is 1.73. The summed E-state index contributed by atoms with van der Waals surface area (Å²) in [5, 5.41) is 2.09. The van der Waals surface area contributed by atoms with E-state index in [2.05, 4.69) is 11.4 Å². The number of ether oxygens (including phenoxy) is 3. The number of methoxy groups -OCH3 is 1. The van der Waals surface area contributed by atoms with E-state index in [0.717, 1.165) is 57.1 Å². The number of hydrogen-bond acceptors (Lipinski definition) is 6. The number of hydrogen-bond donors (Lipinski definition) is 0. The Morgan fingerprint density at radius 1 is 1.11 bits per heavy atom. The first-order valence-corrected chi connectivity index (χ1v) is 14.0. The number of amides is 2. The van der Waals surface area contributed by atoms with Crippen molar-refractivity contribution in [3.05, 3.63) is 46.2 Å². The van der Waals surface area contributed by atoms with E-state index in [4.69, 9.17) is 14.2 Å². The molecule has 1 aromatic carbocycles. The van der Waals surface area contributed by atoms with Gasteiger partial charge in [0.2, 0.25) is 11.8 Å². The third-order valence-corrected chi connectivity index (χ3v) is 8.67. The molecule has 2 amide bonds. The van der Waals surface area contributed by atoms with E-state index in [-0.39, 0.29) is 36.4 Å². The van der Waals surface area contributed by atoms with E-state index in [1.165, 1.54) is 4.88 Å². The second kappa shape index (κ2) is 11.6. The molecule has 5 rings (SSSR count). The maximum Gasteiger partial charge on any atom is 0.242 e. The predicted octanol–water partition coefficient (Wildman–Crippen LogP) is 4.46. The predicted molar refractivity (Wildman–Crippen MR) is 138 cm³/mol. The Kier molecular flexibility index (Phi) is 8.12. The zero-order chi connectivity index (χ0) is 24.9. The fraction of sp³-hybridized carbons (Fsp3) is 0.571. The molecule has 3 aliphatic rings. The standard InChI is InChI=1S/C28H36N2O5S/c1-33-24-10-4-5-11-25(24)35-19-23-22-13-16-36-26(22)12-14-30(23)27(31)18-29(17-21-9-6-15-34-21)28(32)20-7-2-3-8-20/h4-5,10-11,13,16,20-21,23H,2-3,6-9,12,14-15,17-19H2,1H3. The van der Waals surface area contributed by atoms with Crippen LogP contribution in [0.25, 0.3) is 0 Å². The SMILES string of the molecule is COc1ccccc1OCC1c2ccsc2CCN1C(=O)CN(CC1CCCO1)C(=O)C1CCCC1. The van der Waals surface area contributed by atoms with E-state index >= 15 is 0 Å². The molecule has 0 radical (unpaired) electrons. The quantitative estimate of drug-likeness (QED) is 0.496. The van der Waals surface area contributed by atoms with E-state index in [1.54, 1.807) is 23.3 Å². The second-order valence-electron chi connectivity index (χ2n) is 9.95. The molecule has 2 atom stereocenters. The van der Waals surface area contributed by atoms with E-state index in [0.29, 0.717) is 31.2 Å². The maximum atomic E-state index is 13.8. The van der Waals surface area contributed by atoms with Crippen molar-refractivity contribution in [3.63, 3.8) is 0 Å². The van der Waals surface area contributed by atoms with Crippen molar-refractivity contribution >= 4 is 23.2 Å². The van der Waals surface area contributed by atoms with Gasteiger partial charge in [0.25, 0.3) is 0 Å². The molecular formula is C28H36N2O5S. The molecule has 1 aromatic heterocycles. The highest BCUT2D eigenvalue weighted by Crippen LogP contribution is 2.35. The van der Waals surface area contributed by atoms with Crippen molar-refractivity contribution < 1.29 is 23.8 Å². The van der Waals surface area contributed by atoms with Crippen LogP contribution in [0.4, 0.5) is 0 Å². The first-order valence-electron chi connectivity index (χ1n) is 13.2. The van der Waals surface area contributed by atoms with Gasteiger partial charge >= 0.3 is 0 Å². The van der Waals surface area contributed by atoms with Crippen molar-refractivity contribution in [2.24, 2.45) is 5.92 Å². The summed E-state index contributed by atoms with van der Waals surface area (Å²) in [4.78, 5) is 32.2. The summed E-state index contributed by atoms with van der Waals surface area (Å²) < 4.78 is 17.5. The molecule has 0 spiro atoms.